The lowest BCUT2D eigenvalue weighted by atomic mass is 9.94. The second kappa shape index (κ2) is 14.8. The maximum atomic E-state index is 13.8. The minimum absolute atomic E-state index is 0.132. The first kappa shape index (κ1) is 30.3. The van der Waals surface area contributed by atoms with E-state index < -0.39 is 0 Å². The van der Waals surface area contributed by atoms with Crippen molar-refractivity contribution in [2.24, 2.45) is 0 Å². The fourth-order valence-electron chi connectivity index (χ4n) is 4.39. The van der Waals surface area contributed by atoms with Gasteiger partial charge in [-0.05, 0) is 68.7 Å². The molecule has 2 N–H and O–H groups in total. The Balaban J connectivity index is 0.000000810. The third-order valence-corrected chi connectivity index (χ3v) is 6.51. The summed E-state index contributed by atoms with van der Waals surface area (Å²) in [4.78, 5) is 20.7. The van der Waals surface area contributed by atoms with Crippen molar-refractivity contribution in [2.45, 2.75) is 32.3 Å². The zero-order valence-electron chi connectivity index (χ0n) is 23.7. The first-order valence-corrected chi connectivity index (χ1v) is 13.2. The summed E-state index contributed by atoms with van der Waals surface area (Å²) in [5.41, 5.74) is 4.31. The fourth-order valence-corrected chi connectivity index (χ4v) is 4.39. The fraction of sp³-hybridized carbons (Fsp3) is 0.323. The van der Waals surface area contributed by atoms with Crippen LogP contribution in [-0.4, -0.2) is 61.6 Å². The van der Waals surface area contributed by atoms with E-state index in [1.165, 1.54) is 12.2 Å². The lowest BCUT2D eigenvalue weighted by Crippen LogP contribution is -2.21. The quantitative estimate of drug-likeness (QED) is 0.263. The number of likely N-dealkylation sites (N-methyl/N-ethyl adjacent to an activating group) is 1. The molecule has 9 heteroatoms. The van der Waals surface area contributed by atoms with E-state index in [1.807, 2.05) is 19.2 Å². The number of allylic oxidation sites excluding steroid dienone is 7. The molecule has 0 bridgehead atoms. The van der Waals surface area contributed by atoms with Crippen LogP contribution in [0, 0.1) is 0 Å². The Morgan fingerprint density at radius 2 is 2.08 bits per heavy atom. The number of nitrogens with zero attached hydrogens (tertiary/aromatic N) is 3. The molecule has 1 fully saturated rings. The molecule has 1 aliphatic carbocycles. The van der Waals surface area contributed by atoms with Gasteiger partial charge in [-0.25, -0.2) is 14.4 Å². The van der Waals surface area contributed by atoms with Crippen molar-refractivity contribution in [2.75, 3.05) is 44.9 Å². The molecule has 1 unspecified atom stereocenters. The molecule has 0 saturated carbocycles. The molecule has 8 nitrogen and oxygen atoms in total. The molecule has 212 valence electrons. The van der Waals surface area contributed by atoms with Crippen LogP contribution in [0.3, 0.4) is 0 Å². The van der Waals surface area contributed by atoms with Gasteiger partial charge in [-0.15, -0.1) is 0 Å². The number of halogens is 1. The molecule has 0 radical (unpaired) electrons. The summed E-state index contributed by atoms with van der Waals surface area (Å²) in [6.45, 7) is 11.7. The third-order valence-electron chi connectivity index (χ3n) is 6.51. The van der Waals surface area contributed by atoms with Gasteiger partial charge < -0.3 is 25.0 Å². The summed E-state index contributed by atoms with van der Waals surface area (Å²) in [5, 5.41) is 6.46. The molecule has 4 rings (SSSR count). The highest BCUT2D eigenvalue weighted by Gasteiger charge is 2.23. The van der Waals surface area contributed by atoms with Crippen LogP contribution in [-0.2, 0) is 4.79 Å². The van der Waals surface area contributed by atoms with Crippen molar-refractivity contribution in [3.05, 3.63) is 78.4 Å². The second-order valence-corrected chi connectivity index (χ2v) is 9.35. The lowest BCUT2D eigenvalue weighted by molar-refractivity contribution is -0.104. The molecule has 0 spiro atoms. The van der Waals surface area contributed by atoms with Gasteiger partial charge in [-0.2, -0.15) is 0 Å². The highest BCUT2D eigenvalue weighted by Crippen LogP contribution is 2.39. The minimum Gasteiger partial charge on any atom is -0.494 e. The standard InChI is InChI=1S/C27H32FN5O2.C4H6O/c1-6-18-15-30-27(32-26(18)17(2)19-8-7-9-20(28)12-19)31-23-13-22(29-3)25(14-24(23)34-5)35-21-10-11-33(4)16-21;1-2-3-4-5/h6,9,12-15,21,29H,1-2,7-8,10-11,16H2,3-5H3,(H,30,31,32);2-4H,1H3/b;3-2+. The van der Waals surface area contributed by atoms with Crippen molar-refractivity contribution in [3.63, 3.8) is 0 Å². The van der Waals surface area contributed by atoms with Crippen LogP contribution in [0.25, 0.3) is 11.6 Å². The van der Waals surface area contributed by atoms with Crippen molar-refractivity contribution in [1.29, 1.82) is 0 Å². The first-order valence-electron chi connectivity index (χ1n) is 13.2. The van der Waals surface area contributed by atoms with Gasteiger partial charge in [-0.1, -0.05) is 25.3 Å². The summed E-state index contributed by atoms with van der Waals surface area (Å²) in [6, 6.07) is 3.78. The van der Waals surface area contributed by atoms with Gasteiger partial charge in [0, 0.05) is 38.0 Å². The van der Waals surface area contributed by atoms with Crippen LogP contribution in [0.2, 0.25) is 0 Å². The third kappa shape index (κ3) is 7.89. The number of hydrogen-bond acceptors (Lipinski definition) is 8. The number of carbonyl (C=O) groups is 1. The number of nitrogens with one attached hydrogen (secondary N) is 2. The van der Waals surface area contributed by atoms with E-state index >= 15 is 0 Å². The monoisotopic (exact) mass is 547 g/mol. The Kier molecular flexibility index (Phi) is 11.2. The normalized spacial score (nSPS) is 16.8. The Bertz CT molecular complexity index is 1320. The molecule has 2 heterocycles. The Hall–Kier alpha value is -4.24. The minimum atomic E-state index is -0.254. The maximum absolute atomic E-state index is 13.8. The molecule has 2 aliphatic rings. The molecule has 1 aliphatic heterocycles. The van der Waals surface area contributed by atoms with Crippen LogP contribution in [0.15, 0.2) is 67.2 Å². The predicted octanol–water partition coefficient (Wildman–Crippen LogP) is 6.34. The second-order valence-electron chi connectivity index (χ2n) is 9.35. The molecule has 40 heavy (non-hydrogen) atoms. The largest absolute Gasteiger partial charge is 0.494 e. The van der Waals surface area contributed by atoms with E-state index in [1.54, 1.807) is 38.5 Å². The summed E-state index contributed by atoms with van der Waals surface area (Å²) in [7, 11) is 5.55. The van der Waals surface area contributed by atoms with E-state index in [2.05, 4.69) is 40.7 Å². The van der Waals surface area contributed by atoms with Gasteiger partial charge in [0.05, 0.1) is 24.2 Å². The zero-order chi connectivity index (χ0) is 29.1. The molecular formula is C31H38FN5O3. The summed E-state index contributed by atoms with van der Waals surface area (Å²) >= 11 is 0. The van der Waals surface area contributed by atoms with E-state index in [-0.39, 0.29) is 11.9 Å². The maximum Gasteiger partial charge on any atom is 0.227 e. The molecule has 1 aromatic carbocycles. The van der Waals surface area contributed by atoms with Gasteiger partial charge in [0.2, 0.25) is 5.95 Å². The van der Waals surface area contributed by atoms with Crippen LogP contribution in [0.1, 0.15) is 37.4 Å². The smallest absolute Gasteiger partial charge is 0.227 e. The van der Waals surface area contributed by atoms with Crippen molar-refractivity contribution < 1.29 is 18.7 Å². The number of rotatable bonds is 10. The first-order chi connectivity index (χ1) is 19.3. The highest BCUT2D eigenvalue weighted by molar-refractivity contribution is 5.82. The summed E-state index contributed by atoms with van der Waals surface area (Å²) in [6.07, 6.45) is 12.8. The molecule has 1 saturated heterocycles. The van der Waals surface area contributed by atoms with Gasteiger partial charge in [0.1, 0.15) is 29.7 Å². The van der Waals surface area contributed by atoms with Gasteiger partial charge >= 0.3 is 0 Å². The number of likely N-dealkylation sites (tertiary alicyclic amines) is 1. The highest BCUT2D eigenvalue weighted by atomic mass is 19.1. The molecule has 1 atom stereocenters. The zero-order valence-corrected chi connectivity index (χ0v) is 23.7. The number of benzene rings is 1. The average molecular weight is 548 g/mol. The van der Waals surface area contributed by atoms with Gasteiger partial charge in [-0.3, -0.25) is 4.79 Å². The Labute approximate surface area is 236 Å². The van der Waals surface area contributed by atoms with Crippen LogP contribution < -0.4 is 20.1 Å². The number of carbonyl (C=O) groups excluding carboxylic acids is 1. The van der Waals surface area contributed by atoms with E-state index in [0.29, 0.717) is 41.5 Å². The number of ether oxygens (including phenoxy) is 2. The molecule has 0 amide bonds. The van der Waals surface area contributed by atoms with E-state index in [9.17, 15) is 9.18 Å². The van der Waals surface area contributed by atoms with Crippen molar-refractivity contribution in [3.8, 4) is 11.5 Å². The van der Waals surface area contributed by atoms with Gasteiger partial charge in [0.15, 0.2) is 0 Å². The van der Waals surface area contributed by atoms with Crippen LogP contribution >= 0.6 is 0 Å². The Morgan fingerprint density at radius 1 is 1.27 bits per heavy atom. The number of hydrogen-bond donors (Lipinski definition) is 2. The SMILES string of the molecule is C/C=C/C=O.C=Cc1cnc(Nc2cc(NC)c(OC3CCN(C)C3)cc2OC)nc1C(=C)C1=CC(F)=CCC1. The summed E-state index contributed by atoms with van der Waals surface area (Å²) in [5.74, 6) is 1.44. The Morgan fingerprint density at radius 3 is 2.65 bits per heavy atom. The number of aldehydes is 1. The number of anilines is 3. The molecule has 2 aromatic rings. The van der Waals surface area contributed by atoms with E-state index in [0.717, 1.165) is 48.4 Å². The molecular weight excluding hydrogens is 509 g/mol. The summed E-state index contributed by atoms with van der Waals surface area (Å²) < 4.78 is 25.8. The predicted molar refractivity (Wildman–Crippen MR) is 161 cm³/mol. The van der Waals surface area contributed by atoms with Crippen molar-refractivity contribution >= 4 is 35.3 Å². The lowest BCUT2D eigenvalue weighted by Gasteiger charge is -2.20. The van der Waals surface area contributed by atoms with Crippen molar-refractivity contribution in [1.82, 2.24) is 14.9 Å². The van der Waals surface area contributed by atoms with Gasteiger partial charge in [0.25, 0.3) is 0 Å². The average Bonchev–Trinajstić information content (AvgIpc) is 3.38. The van der Waals surface area contributed by atoms with Crippen LogP contribution in [0.5, 0.6) is 11.5 Å². The number of aromatic nitrogens is 2. The van der Waals surface area contributed by atoms with E-state index in [4.69, 9.17) is 14.5 Å². The topological polar surface area (TPSA) is 88.6 Å². The molecule has 1 aromatic heterocycles. The van der Waals surface area contributed by atoms with Crippen LogP contribution in [0.4, 0.5) is 21.7 Å². The number of methoxy groups -OCH3 is 1.